The van der Waals surface area contributed by atoms with Gasteiger partial charge in [-0.2, -0.15) is 10.2 Å². The minimum atomic E-state index is -0.405. The van der Waals surface area contributed by atoms with E-state index in [0.29, 0.717) is 42.3 Å². The van der Waals surface area contributed by atoms with Crippen LogP contribution in [0.5, 0.6) is 0 Å². The Bertz CT molecular complexity index is 872. The van der Waals surface area contributed by atoms with Gasteiger partial charge in [0.05, 0.1) is 17.2 Å². The number of aromatic nitrogens is 2. The third-order valence-electron chi connectivity index (χ3n) is 3.77. The molecule has 0 bridgehead atoms. The quantitative estimate of drug-likeness (QED) is 0.793. The molecule has 0 aliphatic carbocycles. The number of nitrogens with zero attached hydrogens (tertiary/aromatic N) is 3. The maximum atomic E-state index is 12.2. The first-order valence-electron chi connectivity index (χ1n) is 7.27. The van der Waals surface area contributed by atoms with Crippen molar-refractivity contribution in [2.45, 2.75) is 24.9 Å². The van der Waals surface area contributed by atoms with Gasteiger partial charge in [-0.25, -0.2) is 4.98 Å². The van der Waals surface area contributed by atoms with E-state index in [1.807, 2.05) is 0 Å². The van der Waals surface area contributed by atoms with Gasteiger partial charge in [0.25, 0.3) is 11.5 Å². The van der Waals surface area contributed by atoms with Crippen LogP contribution in [0.25, 0.3) is 10.9 Å². The second-order valence-corrected chi connectivity index (χ2v) is 5.36. The number of carbonyl (C=O) groups is 1. The summed E-state index contributed by atoms with van der Waals surface area (Å²) in [6.07, 6.45) is 8.51. The first-order valence-corrected chi connectivity index (χ1v) is 7.27. The molecule has 2 N–H and O–H groups in total. The van der Waals surface area contributed by atoms with Gasteiger partial charge < -0.3 is 10.3 Å². The molecule has 0 spiro atoms. The van der Waals surface area contributed by atoms with Gasteiger partial charge in [0.15, 0.2) is 5.66 Å². The van der Waals surface area contributed by atoms with Crippen LogP contribution in [0.4, 0.5) is 0 Å². The summed E-state index contributed by atoms with van der Waals surface area (Å²) in [4.78, 5) is 30.3. The van der Waals surface area contributed by atoms with Crippen molar-refractivity contribution in [1.29, 1.82) is 0 Å². The summed E-state index contributed by atoms with van der Waals surface area (Å²) in [6, 6.07) is 4.80. The van der Waals surface area contributed by atoms with Gasteiger partial charge in [-0.1, -0.05) is 0 Å². The van der Waals surface area contributed by atoms with E-state index in [4.69, 9.17) is 6.42 Å². The van der Waals surface area contributed by atoms with Crippen LogP contribution >= 0.6 is 0 Å². The van der Waals surface area contributed by atoms with Crippen molar-refractivity contribution in [2.75, 3.05) is 6.54 Å². The van der Waals surface area contributed by atoms with Crippen molar-refractivity contribution in [3.63, 3.8) is 0 Å². The summed E-state index contributed by atoms with van der Waals surface area (Å²) in [5.41, 5.74) is 0.309. The standard InChI is InChI=1S/C16H15N5O2/c1-2-3-6-16(20-21-16)7-8-17-14(22)11-4-5-12-13(9-11)18-10-19-15(12)23/h1,4-5,9-10H,3,6-8H2,(H,17,22)(H,18,19,23). The van der Waals surface area contributed by atoms with Crippen molar-refractivity contribution >= 4 is 16.8 Å². The fourth-order valence-electron chi connectivity index (χ4n) is 2.36. The molecule has 0 saturated carbocycles. The topological polar surface area (TPSA) is 99.6 Å². The summed E-state index contributed by atoms with van der Waals surface area (Å²) < 4.78 is 0. The van der Waals surface area contributed by atoms with Gasteiger partial charge in [0, 0.05) is 31.4 Å². The molecule has 1 aromatic heterocycles. The molecular formula is C16H15N5O2. The van der Waals surface area contributed by atoms with Crippen LogP contribution in [0.2, 0.25) is 0 Å². The summed E-state index contributed by atoms with van der Waals surface area (Å²) in [5, 5.41) is 11.3. The van der Waals surface area contributed by atoms with Gasteiger partial charge in [-0.15, -0.1) is 12.3 Å². The first-order chi connectivity index (χ1) is 11.1. The van der Waals surface area contributed by atoms with E-state index in [1.165, 1.54) is 6.33 Å². The highest BCUT2D eigenvalue weighted by Crippen LogP contribution is 2.36. The second kappa shape index (κ2) is 6.01. The highest BCUT2D eigenvalue weighted by molar-refractivity contribution is 5.97. The summed E-state index contributed by atoms with van der Waals surface area (Å²) in [5.74, 6) is 2.35. The first kappa shape index (κ1) is 14.9. The molecule has 0 saturated heterocycles. The zero-order valence-corrected chi connectivity index (χ0v) is 12.4. The van der Waals surface area contributed by atoms with E-state index in [1.54, 1.807) is 18.2 Å². The lowest BCUT2D eigenvalue weighted by atomic mass is 10.0. The fraction of sp³-hybridized carbons (Fsp3) is 0.312. The smallest absolute Gasteiger partial charge is 0.258 e. The molecule has 2 heterocycles. The number of aromatic amines is 1. The Hall–Kier alpha value is -3.01. The van der Waals surface area contributed by atoms with E-state index in [2.05, 4.69) is 31.4 Å². The van der Waals surface area contributed by atoms with Crippen LogP contribution in [-0.2, 0) is 0 Å². The van der Waals surface area contributed by atoms with Crippen molar-refractivity contribution in [2.24, 2.45) is 10.2 Å². The van der Waals surface area contributed by atoms with E-state index >= 15 is 0 Å². The Morgan fingerprint density at radius 1 is 1.35 bits per heavy atom. The van der Waals surface area contributed by atoms with Gasteiger partial charge >= 0.3 is 0 Å². The molecule has 7 nitrogen and oxygen atoms in total. The van der Waals surface area contributed by atoms with Crippen LogP contribution in [-0.4, -0.2) is 28.1 Å². The fourth-order valence-corrected chi connectivity index (χ4v) is 2.36. The Morgan fingerprint density at radius 3 is 2.91 bits per heavy atom. The number of terminal acetylenes is 1. The predicted molar refractivity (Wildman–Crippen MR) is 85.0 cm³/mol. The Morgan fingerprint density at radius 2 is 2.17 bits per heavy atom. The molecular weight excluding hydrogens is 294 g/mol. The van der Waals surface area contributed by atoms with Gasteiger partial charge in [-0.3, -0.25) is 9.59 Å². The third-order valence-corrected chi connectivity index (χ3v) is 3.77. The minimum absolute atomic E-state index is 0.221. The number of fused-ring (bicyclic) bond motifs is 1. The van der Waals surface area contributed by atoms with E-state index in [0.717, 1.165) is 0 Å². The largest absolute Gasteiger partial charge is 0.352 e. The average Bonchev–Trinajstić information content (AvgIpc) is 3.33. The molecule has 1 aliphatic rings. The zero-order chi connectivity index (χ0) is 16.3. The van der Waals surface area contributed by atoms with Crippen LogP contribution in [0.1, 0.15) is 29.6 Å². The second-order valence-electron chi connectivity index (χ2n) is 5.36. The van der Waals surface area contributed by atoms with Gasteiger partial charge in [0.2, 0.25) is 0 Å². The van der Waals surface area contributed by atoms with Crippen molar-refractivity contribution < 1.29 is 4.79 Å². The molecule has 0 atom stereocenters. The number of benzene rings is 1. The summed E-state index contributed by atoms with van der Waals surface area (Å²) in [7, 11) is 0. The molecule has 0 unspecified atom stereocenters. The van der Waals surface area contributed by atoms with Crippen molar-refractivity contribution in [1.82, 2.24) is 15.3 Å². The predicted octanol–water partition coefficient (Wildman–Crippen LogP) is 1.62. The maximum absolute atomic E-state index is 12.2. The number of rotatable bonds is 6. The molecule has 0 radical (unpaired) electrons. The number of hydrogen-bond acceptors (Lipinski definition) is 5. The van der Waals surface area contributed by atoms with Crippen molar-refractivity contribution in [3.05, 3.63) is 40.4 Å². The number of hydrogen-bond donors (Lipinski definition) is 2. The summed E-state index contributed by atoms with van der Waals surface area (Å²) >= 11 is 0. The van der Waals surface area contributed by atoms with Crippen molar-refractivity contribution in [3.8, 4) is 12.3 Å². The van der Waals surface area contributed by atoms with Crippen LogP contribution in [0, 0.1) is 12.3 Å². The van der Waals surface area contributed by atoms with E-state index < -0.39 is 5.66 Å². The normalized spacial score (nSPS) is 14.4. The highest BCUT2D eigenvalue weighted by atomic mass is 16.1. The number of amides is 1. The highest BCUT2D eigenvalue weighted by Gasteiger charge is 2.38. The molecule has 3 rings (SSSR count). The zero-order valence-electron chi connectivity index (χ0n) is 12.4. The molecule has 7 heteroatoms. The molecule has 1 amide bonds. The molecule has 1 aliphatic heterocycles. The number of nitrogens with one attached hydrogen (secondary N) is 2. The third kappa shape index (κ3) is 3.26. The molecule has 0 fully saturated rings. The number of carbonyl (C=O) groups excluding carboxylic acids is 1. The van der Waals surface area contributed by atoms with Gasteiger partial charge in [-0.05, 0) is 18.2 Å². The van der Waals surface area contributed by atoms with Crippen LogP contribution in [0.15, 0.2) is 39.5 Å². The lowest BCUT2D eigenvalue weighted by Crippen LogP contribution is -2.28. The van der Waals surface area contributed by atoms with Gasteiger partial charge in [0.1, 0.15) is 0 Å². The maximum Gasteiger partial charge on any atom is 0.258 e. The molecule has 23 heavy (non-hydrogen) atoms. The monoisotopic (exact) mass is 309 g/mol. The lowest BCUT2D eigenvalue weighted by molar-refractivity contribution is 0.0952. The number of H-pyrrole nitrogens is 1. The summed E-state index contributed by atoms with van der Waals surface area (Å²) in [6.45, 7) is 0.456. The molecule has 2 aromatic rings. The molecule has 1 aromatic carbocycles. The molecule has 116 valence electrons. The minimum Gasteiger partial charge on any atom is -0.352 e. The van der Waals surface area contributed by atoms with E-state index in [9.17, 15) is 9.59 Å². The van der Waals surface area contributed by atoms with Crippen LogP contribution < -0.4 is 10.9 Å². The Kier molecular flexibility index (Phi) is 3.89. The Labute approximate surface area is 132 Å². The van der Waals surface area contributed by atoms with Crippen LogP contribution in [0.3, 0.4) is 0 Å². The lowest BCUT2D eigenvalue weighted by Gasteiger charge is -2.10. The average molecular weight is 309 g/mol. The Balaban J connectivity index is 1.61. The SMILES string of the molecule is C#CCCC1(CCNC(=O)c2ccc3c(=O)[nH]cnc3c2)N=N1. The van der Waals surface area contributed by atoms with E-state index in [-0.39, 0.29) is 11.5 Å².